The molecule has 1 aliphatic rings. The molecule has 1 aromatic carbocycles. The second-order valence-corrected chi connectivity index (χ2v) is 7.63. The fourth-order valence-electron chi connectivity index (χ4n) is 3.85. The van der Waals surface area contributed by atoms with Crippen LogP contribution in [0, 0.1) is 11.8 Å². The third kappa shape index (κ3) is 4.15. The molecule has 0 unspecified atom stereocenters. The highest BCUT2D eigenvalue weighted by molar-refractivity contribution is 6.00. The Morgan fingerprint density at radius 3 is 2.28 bits per heavy atom. The first kappa shape index (κ1) is 22.9. The van der Waals surface area contributed by atoms with Crippen LogP contribution in [-0.4, -0.2) is 65.7 Å². The summed E-state index contributed by atoms with van der Waals surface area (Å²) in [5.74, 6) is -1.72. The summed E-state index contributed by atoms with van der Waals surface area (Å²) in [5, 5.41) is 11.3. The van der Waals surface area contributed by atoms with E-state index < -0.39 is 29.6 Å². The van der Waals surface area contributed by atoms with Gasteiger partial charge in [0.25, 0.3) is 0 Å². The molecule has 7 nitrogen and oxygen atoms in total. The molecule has 1 aromatic rings. The van der Waals surface area contributed by atoms with Crippen molar-refractivity contribution >= 4 is 17.8 Å². The zero-order valence-electron chi connectivity index (χ0n) is 18.1. The zero-order chi connectivity index (χ0) is 21.8. The monoisotopic (exact) mass is 404 g/mol. The number of aliphatic hydroxyl groups excluding tert-OH is 1. The Morgan fingerprint density at radius 1 is 1.21 bits per heavy atom. The SMILES string of the molecule is CCN(CC)C(=O)[C@H](C)[C@H](O)[C@]1(C(=O)OC)N=C(c2ccccc2)O[C@H]1C(C)C. The van der Waals surface area contributed by atoms with E-state index in [1.54, 1.807) is 11.8 Å². The highest BCUT2D eigenvalue weighted by atomic mass is 16.5. The van der Waals surface area contributed by atoms with Crippen LogP contribution in [0.4, 0.5) is 0 Å². The molecule has 4 atom stereocenters. The number of amides is 1. The second kappa shape index (κ2) is 9.39. The van der Waals surface area contributed by atoms with Gasteiger partial charge in [0.1, 0.15) is 12.2 Å². The van der Waals surface area contributed by atoms with Crippen molar-refractivity contribution in [3.63, 3.8) is 0 Å². The van der Waals surface area contributed by atoms with E-state index in [0.29, 0.717) is 18.7 Å². The lowest BCUT2D eigenvalue weighted by Gasteiger charge is -2.38. The number of aliphatic hydroxyl groups is 1. The minimum atomic E-state index is -1.73. The molecule has 160 valence electrons. The van der Waals surface area contributed by atoms with Crippen molar-refractivity contribution in [3.05, 3.63) is 35.9 Å². The normalized spacial score (nSPS) is 23.2. The van der Waals surface area contributed by atoms with Crippen molar-refractivity contribution in [1.82, 2.24) is 4.90 Å². The quantitative estimate of drug-likeness (QED) is 0.672. The highest BCUT2D eigenvalue weighted by Crippen LogP contribution is 2.39. The van der Waals surface area contributed by atoms with Crippen LogP contribution in [0.1, 0.15) is 40.2 Å². The summed E-state index contributed by atoms with van der Waals surface area (Å²) in [6.45, 7) is 10.2. The minimum Gasteiger partial charge on any atom is -0.471 e. The molecule has 0 saturated carbocycles. The van der Waals surface area contributed by atoms with E-state index in [2.05, 4.69) is 4.99 Å². The van der Waals surface area contributed by atoms with Crippen molar-refractivity contribution in [3.8, 4) is 0 Å². The van der Waals surface area contributed by atoms with E-state index in [9.17, 15) is 14.7 Å². The summed E-state index contributed by atoms with van der Waals surface area (Å²) < 4.78 is 11.1. The van der Waals surface area contributed by atoms with Crippen LogP contribution < -0.4 is 0 Å². The topological polar surface area (TPSA) is 88.4 Å². The number of hydrogen-bond donors (Lipinski definition) is 1. The predicted octanol–water partition coefficient (Wildman–Crippen LogP) is 2.27. The molecule has 0 aromatic heterocycles. The van der Waals surface area contributed by atoms with Crippen molar-refractivity contribution in [2.75, 3.05) is 20.2 Å². The second-order valence-electron chi connectivity index (χ2n) is 7.63. The van der Waals surface area contributed by atoms with Crippen molar-refractivity contribution in [1.29, 1.82) is 0 Å². The average molecular weight is 405 g/mol. The summed E-state index contributed by atoms with van der Waals surface area (Å²) in [6.07, 6.45) is -2.18. The summed E-state index contributed by atoms with van der Waals surface area (Å²) in [7, 11) is 1.25. The van der Waals surface area contributed by atoms with Gasteiger partial charge in [0, 0.05) is 18.7 Å². The number of carbonyl (C=O) groups is 2. The van der Waals surface area contributed by atoms with Crippen LogP contribution >= 0.6 is 0 Å². The lowest BCUT2D eigenvalue weighted by Crippen LogP contribution is -2.61. The molecule has 1 amide bonds. The van der Waals surface area contributed by atoms with Crippen molar-refractivity contribution in [2.45, 2.75) is 52.4 Å². The highest BCUT2D eigenvalue weighted by Gasteiger charge is 2.61. The number of esters is 1. The maximum Gasteiger partial charge on any atom is 0.340 e. The molecular formula is C22H32N2O5. The average Bonchev–Trinajstić information content (AvgIpc) is 3.15. The lowest BCUT2D eigenvalue weighted by atomic mass is 9.76. The lowest BCUT2D eigenvalue weighted by molar-refractivity contribution is -0.162. The van der Waals surface area contributed by atoms with Gasteiger partial charge in [-0.25, -0.2) is 9.79 Å². The fraction of sp³-hybridized carbons (Fsp3) is 0.591. The Kier molecular flexibility index (Phi) is 7.41. The van der Waals surface area contributed by atoms with Gasteiger partial charge in [-0.2, -0.15) is 0 Å². The summed E-state index contributed by atoms with van der Waals surface area (Å²) in [4.78, 5) is 32.1. The third-order valence-corrected chi connectivity index (χ3v) is 5.49. The van der Waals surface area contributed by atoms with Crippen LogP contribution in [0.15, 0.2) is 35.3 Å². The maximum absolute atomic E-state index is 13.0. The number of methoxy groups -OCH3 is 1. The van der Waals surface area contributed by atoms with Crippen LogP contribution in [0.3, 0.4) is 0 Å². The van der Waals surface area contributed by atoms with Crippen molar-refractivity contribution < 1.29 is 24.2 Å². The Morgan fingerprint density at radius 2 is 1.79 bits per heavy atom. The van der Waals surface area contributed by atoms with Gasteiger partial charge < -0.3 is 19.5 Å². The van der Waals surface area contributed by atoms with Gasteiger partial charge in [-0.05, 0) is 31.9 Å². The Hall–Kier alpha value is -2.41. The Bertz CT molecular complexity index is 745. The first-order valence-corrected chi connectivity index (χ1v) is 10.1. The number of hydrogen-bond acceptors (Lipinski definition) is 6. The van der Waals surface area contributed by atoms with Gasteiger partial charge in [-0.1, -0.05) is 39.0 Å². The number of aliphatic imine (C=N–C) groups is 1. The van der Waals surface area contributed by atoms with E-state index in [1.165, 1.54) is 7.11 Å². The van der Waals surface area contributed by atoms with Crippen molar-refractivity contribution in [2.24, 2.45) is 16.8 Å². The number of ether oxygens (including phenoxy) is 2. The molecule has 0 bridgehead atoms. The van der Waals surface area contributed by atoms with Gasteiger partial charge in [-0.15, -0.1) is 0 Å². The predicted molar refractivity (Wildman–Crippen MR) is 111 cm³/mol. The number of carbonyl (C=O) groups excluding carboxylic acids is 2. The van der Waals surface area contributed by atoms with Crippen LogP contribution in [0.25, 0.3) is 0 Å². The summed E-state index contributed by atoms with van der Waals surface area (Å²) >= 11 is 0. The molecule has 0 spiro atoms. The molecule has 7 heteroatoms. The van der Waals surface area contributed by atoms with E-state index in [-0.39, 0.29) is 17.7 Å². The molecule has 2 rings (SSSR count). The van der Waals surface area contributed by atoms with Gasteiger partial charge >= 0.3 is 5.97 Å². The first-order valence-electron chi connectivity index (χ1n) is 10.1. The van der Waals surface area contributed by atoms with Gasteiger partial charge in [0.15, 0.2) is 0 Å². The molecular weight excluding hydrogens is 372 g/mol. The van der Waals surface area contributed by atoms with Gasteiger partial charge in [0.2, 0.25) is 17.3 Å². The molecule has 29 heavy (non-hydrogen) atoms. The zero-order valence-corrected chi connectivity index (χ0v) is 18.1. The largest absolute Gasteiger partial charge is 0.471 e. The fourth-order valence-corrected chi connectivity index (χ4v) is 3.85. The smallest absolute Gasteiger partial charge is 0.340 e. The van der Waals surface area contributed by atoms with Gasteiger partial charge in [-0.3, -0.25) is 4.79 Å². The van der Waals surface area contributed by atoms with E-state index >= 15 is 0 Å². The van der Waals surface area contributed by atoms with E-state index in [4.69, 9.17) is 9.47 Å². The van der Waals surface area contributed by atoms with E-state index in [1.807, 2.05) is 58.0 Å². The molecule has 1 aliphatic heterocycles. The van der Waals surface area contributed by atoms with E-state index in [0.717, 1.165) is 0 Å². The summed E-state index contributed by atoms with van der Waals surface area (Å²) in [5.41, 5.74) is -1.03. The van der Waals surface area contributed by atoms with Gasteiger partial charge in [0.05, 0.1) is 13.0 Å². The van der Waals surface area contributed by atoms with Crippen LogP contribution in [-0.2, 0) is 19.1 Å². The standard InChI is InChI=1S/C22H32N2O5/c1-7-24(8-2)20(26)15(5)17(25)22(21(27)28-6)18(14(3)4)29-19(23-22)16-12-10-9-11-13-16/h9-15,17-18,25H,7-8H2,1-6H3/t15-,17+,18+,22+/m1/s1. The number of nitrogens with zero attached hydrogens (tertiary/aromatic N) is 2. The Labute approximate surface area is 172 Å². The maximum atomic E-state index is 13.0. The van der Waals surface area contributed by atoms with Crippen LogP contribution in [0.5, 0.6) is 0 Å². The molecule has 0 fully saturated rings. The minimum absolute atomic E-state index is 0.163. The van der Waals surface area contributed by atoms with Crippen LogP contribution in [0.2, 0.25) is 0 Å². The molecule has 1 heterocycles. The third-order valence-electron chi connectivity index (χ3n) is 5.49. The first-order chi connectivity index (χ1) is 13.7. The number of rotatable bonds is 8. The molecule has 0 radical (unpaired) electrons. The molecule has 0 aliphatic carbocycles. The number of benzene rings is 1. The molecule has 1 N–H and O–H groups in total. The summed E-state index contributed by atoms with van der Waals surface area (Å²) in [6, 6.07) is 9.19. The Balaban J connectivity index is 2.57. The molecule has 0 saturated heterocycles.